The average molecular weight is 213 g/mol. The molecule has 1 aromatic carbocycles. The number of aliphatic hydroxyl groups excluding tert-OH is 1. The fourth-order valence-corrected chi connectivity index (χ4v) is 1.47. The summed E-state index contributed by atoms with van der Waals surface area (Å²) in [5, 5.41) is 9.58. The maximum absolute atomic E-state index is 13.5. The molecule has 4 heteroatoms. The quantitative estimate of drug-likeness (QED) is 0.798. The Labute approximate surface area is 88.7 Å². The Morgan fingerprint density at radius 1 is 1.53 bits per heavy atom. The van der Waals surface area contributed by atoms with Crippen molar-refractivity contribution in [2.24, 2.45) is 5.73 Å². The molecule has 0 amide bonds. The standard InChI is InChI=1S/C11H16FNO2/c1-3-8(14)11(13)10-7(12)5-4-6-9(10)15-2/h4-6,8,11,14H,3,13H2,1-2H3/t8-,11-/m0/s1. The molecular weight excluding hydrogens is 197 g/mol. The Morgan fingerprint density at radius 2 is 2.20 bits per heavy atom. The molecule has 0 radical (unpaired) electrons. The minimum absolute atomic E-state index is 0.231. The van der Waals surface area contributed by atoms with Crippen LogP contribution in [0, 0.1) is 5.82 Å². The van der Waals surface area contributed by atoms with Gasteiger partial charge in [-0.25, -0.2) is 4.39 Å². The fourth-order valence-electron chi connectivity index (χ4n) is 1.47. The molecule has 1 rings (SSSR count). The van der Waals surface area contributed by atoms with Crippen LogP contribution >= 0.6 is 0 Å². The zero-order valence-electron chi connectivity index (χ0n) is 8.90. The third-order valence-corrected chi connectivity index (χ3v) is 2.40. The van der Waals surface area contributed by atoms with Crippen LogP contribution in [0.1, 0.15) is 24.9 Å². The van der Waals surface area contributed by atoms with E-state index < -0.39 is 18.0 Å². The normalized spacial score (nSPS) is 14.7. The molecule has 1 aromatic rings. The van der Waals surface area contributed by atoms with Gasteiger partial charge in [-0.3, -0.25) is 0 Å². The lowest BCUT2D eigenvalue weighted by atomic mass is 9.99. The monoisotopic (exact) mass is 213 g/mol. The van der Waals surface area contributed by atoms with E-state index in [0.717, 1.165) is 0 Å². The van der Waals surface area contributed by atoms with Gasteiger partial charge in [0.25, 0.3) is 0 Å². The minimum Gasteiger partial charge on any atom is -0.496 e. The lowest BCUT2D eigenvalue weighted by molar-refractivity contribution is 0.137. The number of methoxy groups -OCH3 is 1. The van der Waals surface area contributed by atoms with Crippen LogP contribution in [0.3, 0.4) is 0 Å². The Hall–Kier alpha value is -1.13. The van der Waals surface area contributed by atoms with Crippen molar-refractivity contribution in [3.8, 4) is 5.75 Å². The molecule has 2 atom stereocenters. The van der Waals surface area contributed by atoms with Crippen molar-refractivity contribution in [1.82, 2.24) is 0 Å². The molecular formula is C11H16FNO2. The van der Waals surface area contributed by atoms with Crippen LogP contribution in [0.4, 0.5) is 4.39 Å². The van der Waals surface area contributed by atoms with Crippen molar-refractivity contribution >= 4 is 0 Å². The maximum Gasteiger partial charge on any atom is 0.131 e. The molecule has 0 unspecified atom stereocenters. The molecule has 0 aliphatic rings. The third-order valence-electron chi connectivity index (χ3n) is 2.40. The largest absolute Gasteiger partial charge is 0.496 e. The summed E-state index contributed by atoms with van der Waals surface area (Å²) in [4.78, 5) is 0. The van der Waals surface area contributed by atoms with Crippen molar-refractivity contribution in [2.45, 2.75) is 25.5 Å². The first-order chi connectivity index (χ1) is 7.11. The summed E-state index contributed by atoms with van der Waals surface area (Å²) < 4.78 is 18.5. The molecule has 0 aliphatic carbocycles. The zero-order valence-corrected chi connectivity index (χ0v) is 8.90. The molecule has 0 spiro atoms. The zero-order chi connectivity index (χ0) is 11.4. The average Bonchev–Trinajstić information content (AvgIpc) is 2.26. The molecule has 0 heterocycles. The molecule has 0 aliphatic heterocycles. The second-order valence-corrected chi connectivity index (χ2v) is 3.36. The highest BCUT2D eigenvalue weighted by molar-refractivity contribution is 5.37. The molecule has 3 nitrogen and oxygen atoms in total. The van der Waals surface area contributed by atoms with Crippen molar-refractivity contribution < 1.29 is 14.2 Å². The minimum atomic E-state index is -0.768. The van der Waals surface area contributed by atoms with Gasteiger partial charge in [0.15, 0.2) is 0 Å². The van der Waals surface area contributed by atoms with E-state index in [9.17, 15) is 9.50 Å². The number of ether oxygens (including phenoxy) is 1. The Morgan fingerprint density at radius 3 is 2.73 bits per heavy atom. The Balaban J connectivity index is 3.10. The molecule has 0 saturated carbocycles. The van der Waals surface area contributed by atoms with E-state index in [1.807, 2.05) is 0 Å². The van der Waals surface area contributed by atoms with Crippen molar-refractivity contribution in [1.29, 1.82) is 0 Å². The van der Waals surface area contributed by atoms with Gasteiger partial charge in [-0.15, -0.1) is 0 Å². The maximum atomic E-state index is 13.5. The fraction of sp³-hybridized carbons (Fsp3) is 0.455. The van der Waals surface area contributed by atoms with Gasteiger partial charge in [-0.1, -0.05) is 13.0 Å². The first kappa shape index (κ1) is 11.9. The lowest BCUT2D eigenvalue weighted by Gasteiger charge is -2.20. The van der Waals surface area contributed by atoms with Crippen molar-refractivity contribution in [3.63, 3.8) is 0 Å². The molecule has 3 N–H and O–H groups in total. The SMILES string of the molecule is CC[C@H](O)[C@H](N)c1c(F)cccc1OC. The molecule has 0 aromatic heterocycles. The van der Waals surface area contributed by atoms with Crippen molar-refractivity contribution in [3.05, 3.63) is 29.6 Å². The second-order valence-electron chi connectivity index (χ2n) is 3.36. The highest BCUT2D eigenvalue weighted by atomic mass is 19.1. The summed E-state index contributed by atoms with van der Waals surface area (Å²) in [6.45, 7) is 1.79. The number of rotatable bonds is 4. The summed E-state index contributed by atoms with van der Waals surface area (Å²) in [6, 6.07) is 3.72. The Kier molecular flexibility index (Phi) is 4.05. The van der Waals surface area contributed by atoms with Gasteiger partial charge in [-0.05, 0) is 18.6 Å². The number of hydrogen-bond acceptors (Lipinski definition) is 3. The highest BCUT2D eigenvalue weighted by Gasteiger charge is 2.22. The van der Waals surface area contributed by atoms with Gasteiger partial charge >= 0.3 is 0 Å². The van der Waals surface area contributed by atoms with Crippen molar-refractivity contribution in [2.75, 3.05) is 7.11 Å². The van der Waals surface area contributed by atoms with Gasteiger partial charge in [0.1, 0.15) is 11.6 Å². The van der Waals surface area contributed by atoms with Crippen LogP contribution in [0.25, 0.3) is 0 Å². The van der Waals surface area contributed by atoms with E-state index in [-0.39, 0.29) is 5.56 Å². The van der Waals surface area contributed by atoms with Gasteiger partial charge in [0, 0.05) is 5.56 Å². The van der Waals surface area contributed by atoms with Gasteiger partial charge in [-0.2, -0.15) is 0 Å². The van der Waals surface area contributed by atoms with E-state index in [2.05, 4.69) is 0 Å². The number of hydrogen-bond donors (Lipinski definition) is 2. The predicted molar refractivity (Wildman–Crippen MR) is 56.2 cm³/mol. The summed E-state index contributed by atoms with van der Waals surface area (Å²) >= 11 is 0. The van der Waals surface area contributed by atoms with E-state index >= 15 is 0 Å². The van der Waals surface area contributed by atoms with Crippen LogP contribution < -0.4 is 10.5 Å². The van der Waals surface area contributed by atoms with E-state index in [1.165, 1.54) is 13.2 Å². The lowest BCUT2D eigenvalue weighted by Crippen LogP contribution is -2.26. The summed E-state index contributed by atoms with van der Waals surface area (Å²) in [5.74, 6) is -0.0793. The summed E-state index contributed by atoms with van der Waals surface area (Å²) in [7, 11) is 1.45. The topological polar surface area (TPSA) is 55.5 Å². The van der Waals surface area contributed by atoms with Crippen LogP contribution in [0.2, 0.25) is 0 Å². The molecule has 15 heavy (non-hydrogen) atoms. The first-order valence-corrected chi connectivity index (χ1v) is 4.87. The number of aliphatic hydroxyl groups is 1. The van der Waals surface area contributed by atoms with E-state index in [1.54, 1.807) is 19.1 Å². The first-order valence-electron chi connectivity index (χ1n) is 4.87. The molecule has 0 fully saturated rings. The number of nitrogens with two attached hydrogens (primary N) is 1. The third kappa shape index (κ3) is 2.46. The van der Waals surface area contributed by atoms with Gasteiger partial charge in [0.05, 0.1) is 19.3 Å². The number of benzene rings is 1. The second kappa shape index (κ2) is 5.09. The smallest absolute Gasteiger partial charge is 0.131 e. The van der Waals surface area contributed by atoms with Gasteiger partial charge < -0.3 is 15.6 Å². The highest BCUT2D eigenvalue weighted by Crippen LogP contribution is 2.28. The number of halogens is 1. The van der Waals surface area contributed by atoms with Crippen LogP contribution in [0.5, 0.6) is 5.75 Å². The molecule has 84 valence electrons. The van der Waals surface area contributed by atoms with E-state index in [4.69, 9.17) is 10.5 Å². The summed E-state index contributed by atoms with van der Waals surface area (Å²) in [5.41, 5.74) is 5.99. The molecule has 0 bridgehead atoms. The van der Waals surface area contributed by atoms with Gasteiger partial charge in [0.2, 0.25) is 0 Å². The molecule has 0 saturated heterocycles. The Bertz CT molecular complexity index is 330. The van der Waals surface area contributed by atoms with Crippen LogP contribution in [0.15, 0.2) is 18.2 Å². The van der Waals surface area contributed by atoms with Crippen LogP contribution in [-0.4, -0.2) is 18.3 Å². The van der Waals surface area contributed by atoms with E-state index in [0.29, 0.717) is 12.2 Å². The summed E-state index contributed by atoms with van der Waals surface area (Å²) in [6.07, 6.45) is -0.297. The van der Waals surface area contributed by atoms with Crippen LogP contribution in [-0.2, 0) is 0 Å². The predicted octanol–water partition coefficient (Wildman–Crippen LogP) is 1.61.